The van der Waals surface area contributed by atoms with Crippen LogP contribution in [-0.2, 0) is 13.8 Å². The third-order valence-electron chi connectivity index (χ3n) is 1.92. The van der Waals surface area contributed by atoms with Crippen LogP contribution >= 0.6 is 22.3 Å². The number of hydrogen-bond acceptors (Lipinski definition) is 4. The first kappa shape index (κ1) is 17.4. The van der Waals surface area contributed by atoms with Crippen molar-refractivity contribution in [1.29, 1.82) is 0 Å². The second-order valence-electron chi connectivity index (χ2n) is 3.55. The minimum atomic E-state index is -4.43. The lowest BCUT2D eigenvalue weighted by atomic mass is 10.3. The average Bonchev–Trinajstić information content (AvgIpc) is 2.27. The number of hydrogen-bond donors (Lipinski definition) is 0. The van der Waals surface area contributed by atoms with Crippen molar-refractivity contribution >= 4 is 31.3 Å². The van der Waals surface area contributed by atoms with E-state index in [0.29, 0.717) is 0 Å². The van der Waals surface area contributed by atoms with Crippen molar-refractivity contribution in [3.05, 3.63) is 23.2 Å². The van der Waals surface area contributed by atoms with Crippen molar-refractivity contribution in [2.45, 2.75) is 11.1 Å². The fourth-order valence-corrected chi connectivity index (χ4v) is 2.42. The quantitative estimate of drug-likeness (QED) is 0.582. The molecule has 0 aliphatic heterocycles. The van der Waals surface area contributed by atoms with Crippen LogP contribution in [0.4, 0.5) is 13.2 Å². The van der Waals surface area contributed by atoms with Crippen molar-refractivity contribution in [3.8, 4) is 5.75 Å². The summed E-state index contributed by atoms with van der Waals surface area (Å²) in [6, 6.07) is 3.69. The van der Waals surface area contributed by atoms with E-state index >= 15 is 0 Å². The molecule has 0 aliphatic rings. The maximum atomic E-state index is 11.8. The molecule has 0 bridgehead atoms. The predicted octanol–water partition coefficient (Wildman–Crippen LogP) is 3.23. The molecule has 1 aromatic rings. The molecule has 1 rings (SSSR count). The maximum absolute atomic E-state index is 11.8. The van der Waals surface area contributed by atoms with Gasteiger partial charge in [-0.1, -0.05) is 11.6 Å². The maximum Gasteiger partial charge on any atom is 0.411 e. The van der Waals surface area contributed by atoms with Crippen molar-refractivity contribution in [2.75, 3.05) is 19.8 Å². The van der Waals surface area contributed by atoms with Crippen LogP contribution < -0.4 is 4.74 Å². The average molecular weight is 353 g/mol. The number of alkyl halides is 3. The summed E-state index contributed by atoms with van der Waals surface area (Å²) in [7, 11) is 1.11. The van der Waals surface area contributed by atoms with E-state index in [4.69, 9.17) is 27.0 Å². The predicted molar refractivity (Wildman–Crippen MR) is 66.9 cm³/mol. The molecule has 10 heteroatoms. The van der Waals surface area contributed by atoms with E-state index in [1.165, 1.54) is 12.1 Å². The largest absolute Gasteiger partial charge is 0.490 e. The monoisotopic (exact) mass is 352 g/mol. The number of rotatable bonds is 6. The Morgan fingerprint density at radius 3 is 2.40 bits per heavy atom. The molecule has 0 unspecified atom stereocenters. The molecule has 0 N–H and O–H groups in total. The zero-order chi connectivity index (χ0) is 15.4. The fourth-order valence-electron chi connectivity index (χ4n) is 1.19. The highest BCUT2D eigenvalue weighted by Gasteiger charge is 2.27. The lowest BCUT2D eigenvalue weighted by Gasteiger charge is -2.11. The van der Waals surface area contributed by atoms with Gasteiger partial charge >= 0.3 is 6.18 Å². The molecule has 0 atom stereocenters. The van der Waals surface area contributed by atoms with Crippen LogP contribution in [0.25, 0.3) is 0 Å². The van der Waals surface area contributed by atoms with E-state index < -0.39 is 21.8 Å². The Hall–Kier alpha value is -0.700. The van der Waals surface area contributed by atoms with Gasteiger partial charge in [0.05, 0.1) is 6.61 Å². The van der Waals surface area contributed by atoms with E-state index in [-0.39, 0.29) is 28.9 Å². The van der Waals surface area contributed by atoms with Gasteiger partial charge in [0.2, 0.25) is 0 Å². The second-order valence-corrected chi connectivity index (χ2v) is 6.52. The summed E-state index contributed by atoms with van der Waals surface area (Å²) in [4.78, 5) is -0.359. The van der Waals surface area contributed by atoms with Gasteiger partial charge < -0.3 is 9.47 Å². The number of halogens is 5. The minimum Gasteiger partial charge on any atom is -0.490 e. The van der Waals surface area contributed by atoms with Crippen LogP contribution in [0.3, 0.4) is 0 Å². The molecule has 114 valence electrons. The highest BCUT2D eigenvalue weighted by molar-refractivity contribution is 8.13. The van der Waals surface area contributed by atoms with E-state index in [1.54, 1.807) is 0 Å². The van der Waals surface area contributed by atoms with Gasteiger partial charge in [0.15, 0.2) is 0 Å². The lowest BCUT2D eigenvalue weighted by molar-refractivity contribution is -0.175. The Morgan fingerprint density at radius 1 is 1.20 bits per heavy atom. The molecular formula is C10H9Cl2F3O4S. The summed E-state index contributed by atoms with van der Waals surface area (Å²) in [6.45, 7) is -2.03. The molecule has 0 fully saturated rings. The summed E-state index contributed by atoms with van der Waals surface area (Å²) in [5.74, 6) is -0.111. The van der Waals surface area contributed by atoms with Crippen LogP contribution in [0.5, 0.6) is 5.75 Å². The minimum absolute atomic E-state index is 0.111. The Bertz CT molecular complexity index is 560. The third kappa shape index (κ3) is 6.17. The van der Waals surface area contributed by atoms with Crippen LogP contribution in [0.2, 0.25) is 5.02 Å². The van der Waals surface area contributed by atoms with Crippen molar-refractivity contribution in [3.63, 3.8) is 0 Å². The summed E-state index contributed by atoms with van der Waals surface area (Å²) in [5, 5.41) is 0.130. The molecular weight excluding hydrogens is 344 g/mol. The van der Waals surface area contributed by atoms with Crippen molar-refractivity contribution < 1.29 is 31.1 Å². The first-order chi connectivity index (χ1) is 9.09. The summed E-state index contributed by atoms with van der Waals surface area (Å²) >= 11 is 5.63. The summed E-state index contributed by atoms with van der Waals surface area (Å²) in [6.07, 6.45) is -4.43. The van der Waals surface area contributed by atoms with Crippen LogP contribution in [-0.4, -0.2) is 34.4 Å². The standard InChI is InChI=1S/C10H9Cl2F3O4S/c11-7-1-2-8(9(5-7)20(12,16)17)19-4-3-18-6-10(13,14)15/h1-2,5H,3-4,6H2. The Labute approximate surface area is 122 Å². The van der Waals surface area contributed by atoms with Crippen LogP contribution in [0.1, 0.15) is 0 Å². The van der Waals surface area contributed by atoms with Gasteiger partial charge in [-0.05, 0) is 18.2 Å². The molecule has 0 saturated heterocycles. The number of ether oxygens (including phenoxy) is 2. The molecule has 0 aliphatic carbocycles. The summed E-state index contributed by atoms with van der Waals surface area (Å²) < 4.78 is 67.3. The van der Waals surface area contributed by atoms with Gasteiger partial charge in [0.25, 0.3) is 9.05 Å². The Morgan fingerprint density at radius 2 is 1.85 bits per heavy atom. The van der Waals surface area contributed by atoms with Gasteiger partial charge in [-0.2, -0.15) is 13.2 Å². The Balaban J connectivity index is 2.61. The van der Waals surface area contributed by atoms with Gasteiger partial charge in [0.1, 0.15) is 23.9 Å². The molecule has 0 amide bonds. The molecule has 4 nitrogen and oxygen atoms in total. The topological polar surface area (TPSA) is 52.6 Å². The Kier molecular flexibility index (Phi) is 5.93. The first-order valence-electron chi connectivity index (χ1n) is 5.11. The van der Waals surface area contributed by atoms with E-state index in [1.807, 2.05) is 0 Å². The molecule has 0 aromatic heterocycles. The lowest BCUT2D eigenvalue weighted by Crippen LogP contribution is -2.19. The molecule has 0 radical (unpaired) electrons. The fraction of sp³-hybridized carbons (Fsp3) is 0.400. The highest BCUT2D eigenvalue weighted by Crippen LogP contribution is 2.29. The second kappa shape index (κ2) is 6.84. The van der Waals surface area contributed by atoms with Gasteiger partial charge in [-0.25, -0.2) is 8.42 Å². The number of benzene rings is 1. The van der Waals surface area contributed by atoms with Gasteiger partial charge in [-0.3, -0.25) is 0 Å². The van der Waals surface area contributed by atoms with Crippen molar-refractivity contribution in [1.82, 2.24) is 0 Å². The normalized spacial score (nSPS) is 12.4. The molecule has 0 heterocycles. The molecule has 0 spiro atoms. The first-order valence-corrected chi connectivity index (χ1v) is 7.80. The van der Waals surface area contributed by atoms with Gasteiger partial charge in [-0.15, -0.1) is 0 Å². The SMILES string of the molecule is O=S(=O)(Cl)c1cc(Cl)ccc1OCCOCC(F)(F)F. The zero-order valence-corrected chi connectivity index (χ0v) is 12.1. The summed E-state index contributed by atoms with van der Waals surface area (Å²) in [5.41, 5.74) is 0. The third-order valence-corrected chi connectivity index (χ3v) is 3.50. The zero-order valence-electron chi connectivity index (χ0n) is 9.78. The van der Waals surface area contributed by atoms with Crippen molar-refractivity contribution in [2.24, 2.45) is 0 Å². The van der Waals surface area contributed by atoms with Gasteiger partial charge in [0, 0.05) is 15.7 Å². The molecule has 0 saturated carbocycles. The highest BCUT2D eigenvalue weighted by atomic mass is 35.7. The van der Waals surface area contributed by atoms with E-state index in [2.05, 4.69) is 4.74 Å². The molecule has 20 heavy (non-hydrogen) atoms. The van der Waals surface area contributed by atoms with Crippen LogP contribution in [0.15, 0.2) is 23.1 Å². The van der Waals surface area contributed by atoms with E-state index in [0.717, 1.165) is 6.07 Å². The van der Waals surface area contributed by atoms with Crippen LogP contribution in [0, 0.1) is 0 Å². The molecule has 1 aromatic carbocycles. The smallest absolute Gasteiger partial charge is 0.411 e. The van der Waals surface area contributed by atoms with E-state index in [9.17, 15) is 21.6 Å².